The highest BCUT2D eigenvalue weighted by Gasteiger charge is 1.94. The molecular weight excluding hydrogens is 184 g/mol. The Morgan fingerprint density at radius 1 is 1.27 bits per heavy atom. The summed E-state index contributed by atoms with van der Waals surface area (Å²) in [5.74, 6) is 0. The number of benzene rings is 1. The van der Waals surface area contributed by atoms with Crippen LogP contribution in [-0.4, -0.2) is 17.2 Å². The molecule has 0 N–H and O–H groups in total. The quantitative estimate of drug-likeness (QED) is 0.681. The van der Waals surface area contributed by atoms with Crippen LogP contribution >= 0.6 is 0 Å². The van der Waals surface area contributed by atoms with Crippen molar-refractivity contribution in [2.75, 3.05) is 0 Å². The summed E-state index contributed by atoms with van der Waals surface area (Å²) in [6.45, 7) is 4.12. The normalized spacial score (nSPS) is 11.7. The van der Waals surface area contributed by atoms with Crippen LogP contribution in [0, 0.1) is 0 Å². The number of hydrogen-bond donors (Lipinski definition) is 0. The van der Waals surface area contributed by atoms with E-state index < -0.39 is 0 Å². The van der Waals surface area contributed by atoms with Crippen molar-refractivity contribution in [1.82, 2.24) is 4.98 Å². The van der Waals surface area contributed by atoms with Gasteiger partial charge in [-0.3, -0.25) is 9.98 Å². The van der Waals surface area contributed by atoms with E-state index >= 15 is 0 Å². The summed E-state index contributed by atoms with van der Waals surface area (Å²) >= 11 is 0. The summed E-state index contributed by atoms with van der Waals surface area (Å²) in [6.07, 6.45) is 3.73. The fourth-order valence-corrected chi connectivity index (χ4v) is 1.39. The van der Waals surface area contributed by atoms with Gasteiger partial charge in [-0.05, 0) is 26.0 Å². The highest BCUT2D eigenvalue weighted by Crippen LogP contribution is 2.11. The van der Waals surface area contributed by atoms with E-state index in [0.29, 0.717) is 6.04 Å². The highest BCUT2D eigenvalue weighted by molar-refractivity contribution is 5.87. The molecule has 2 aromatic rings. The molecule has 2 rings (SSSR count). The van der Waals surface area contributed by atoms with Gasteiger partial charge < -0.3 is 0 Å². The van der Waals surface area contributed by atoms with Gasteiger partial charge in [-0.15, -0.1) is 0 Å². The molecule has 0 spiro atoms. The van der Waals surface area contributed by atoms with Gasteiger partial charge in [0.05, 0.1) is 5.52 Å². The Hall–Kier alpha value is -1.70. The molecule has 0 aliphatic rings. The van der Waals surface area contributed by atoms with Crippen LogP contribution in [0.1, 0.15) is 19.4 Å². The number of hydrogen-bond acceptors (Lipinski definition) is 2. The number of rotatable bonds is 2. The Labute approximate surface area is 89.7 Å². The smallest absolute Gasteiger partial charge is 0.0702 e. The predicted molar refractivity (Wildman–Crippen MR) is 64.5 cm³/mol. The molecule has 0 fully saturated rings. The standard InChI is InChI=1S/C13H14N2/c1-10(2)14-8-11-7-12-5-3-4-6-13(12)15-9-11/h3-10H,1-2H3/b14-8+. The van der Waals surface area contributed by atoms with Crippen LogP contribution in [0.3, 0.4) is 0 Å². The van der Waals surface area contributed by atoms with Crippen molar-refractivity contribution in [3.05, 3.63) is 42.1 Å². The summed E-state index contributed by atoms with van der Waals surface area (Å²) in [5.41, 5.74) is 2.08. The first-order valence-electron chi connectivity index (χ1n) is 5.13. The minimum Gasteiger partial charge on any atom is -0.290 e. The molecule has 2 nitrogen and oxygen atoms in total. The Morgan fingerprint density at radius 3 is 2.87 bits per heavy atom. The molecule has 0 bridgehead atoms. The van der Waals surface area contributed by atoms with E-state index in [1.165, 1.54) is 0 Å². The van der Waals surface area contributed by atoms with Gasteiger partial charge in [0.2, 0.25) is 0 Å². The van der Waals surface area contributed by atoms with Gasteiger partial charge in [0.1, 0.15) is 0 Å². The summed E-state index contributed by atoms with van der Waals surface area (Å²) in [4.78, 5) is 8.70. The molecule has 15 heavy (non-hydrogen) atoms. The molecule has 1 aromatic carbocycles. The fourth-order valence-electron chi connectivity index (χ4n) is 1.39. The molecule has 0 aliphatic heterocycles. The second kappa shape index (κ2) is 4.22. The van der Waals surface area contributed by atoms with E-state index in [4.69, 9.17) is 0 Å². The number of para-hydroxylation sites is 1. The van der Waals surface area contributed by atoms with Crippen LogP contribution in [0.25, 0.3) is 10.9 Å². The van der Waals surface area contributed by atoms with Crippen molar-refractivity contribution in [1.29, 1.82) is 0 Å². The third kappa shape index (κ3) is 2.40. The third-order valence-corrected chi connectivity index (χ3v) is 2.13. The van der Waals surface area contributed by atoms with Crippen LogP contribution in [0.4, 0.5) is 0 Å². The maximum atomic E-state index is 4.37. The number of pyridine rings is 1. The SMILES string of the molecule is CC(C)/N=C/c1cnc2ccccc2c1. The zero-order valence-corrected chi connectivity index (χ0v) is 9.01. The van der Waals surface area contributed by atoms with Gasteiger partial charge in [-0.25, -0.2) is 0 Å². The second-order valence-corrected chi connectivity index (χ2v) is 3.83. The lowest BCUT2D eigenvalue weighted by Crippen LogP contribution is -1.91. The minimum atomic E-state index is 0.330. The lowest BCUT2D eigenvalue weighted by Gasteiger charge is -1.99. The number of nitrogens with zero attached hydrogens (tertiary/aromatic N) is 2. The average Bonchev–Trinajstić information content (AvgIpc) is 2.26. The van der Waals surface area contributed by atoms with Gasteiger partial charge in [-0.2, -0.15) is 0 Å². The largest absolute Gasteiger partial charge is 0.290 e. The number of aliphatic imine (C=N–C) groups is 1. The van der Waals surface area contributed by atoms with Crippen molar-refractivity contribution in [3.63, 3.8) is 0 Å². The Balaban J connectivity index is 2.39. The molecule has 0 atom stereocenters. The lowest BCUT2D eigenvalue weighted by molar-refractivity contribution is 0.841. The Kier molecular flexibility index (Phi) is 2.77. The van der Waals surface area contributed by atoms with Gasteiger partial charge >= 0.3 is 0 Å². The zero-order chi connectivity index (χ0) is 10.7. The summed E-state index contributed by atoms with van der Waals surface area (Å²) in [5, 5.41) is 1.16. The van der Waals surface area contributed by atoms with Crippen LogP contribution in [-0.2, 0) is 0 Å². The predicted octanol–water partition coefficient (Wildman–Crippen LogP) is 3.06. The van der Waals surface area contributed by atoms with Gasteiger partial charge in [0.15, 0.2) is 0 Å². The minimum absolute atomic E-state index is 0.330. The first-order chi connectivity index (χ1) is 7.25. The van der Waals surface area contributed by atoms with E-state index in [0.717, 1.165) is 16.5 Å². The van der Waals surface area contributed by atoms with Crippen LogP contribution in [0.5, 0.6) is 0 Å². The molecule has 0 saturated carbocycles. The number of fused-ring (bicyclic) bond motifs is 1. The summed E-state index contributed by atoms with van der Waals surface area (Å²) in [6, 6.07) is 10.5. The third-order valence-electron chi connectivity index (χ3n) is 2.13. The number of aromatic nitrogens is 1. The fraction of sp³-hybridized carbons (Fsp3) is 0.231. The second-order valence-electron chi connectivity index (χ2n) is 3.83. The van der Waals surface area contributed by atoms with Gasteiger partial charge in [-0.1, -0.05) is 18.2 Å². The molecule has 76 valence electrons. The first-order valence-corrected chi connectivity index (χ1v) is 5.13. The molecule has 0 aliphatic carbocycles. The van der Waals surface area contributed by atoms with E-state index in [2.05, 4.69) is 36.0 Å². The van der Waals surface area contributed by atoms with Crippen LogP contribution in [0.2, 0.25) is 0 Å². The van der Waals surface area contributed by atoms with Crippen molar-refractivity contribution in [2.24, 2.45) is 4.99 Å². The Morgan fingerprint density at radius 2 is 2.07 bits per heavy atom. The molecule has 0 amide bonds. The molecule has 0 radical (unpaired) electrons. The summed E-state index contributed by atoms with van der Waals surface area (Å²) < 4.78 is 0. The Bertz CT molecular complexity index is 487. The monoisotopic (exact) mass is 198 g/mol. The summed E-state index contributed by atoms with van der Waals surface area (Å²) in [7, 11) is 0. The topological polar surface area (TPSA) is 25.2 Å². The molecule has 0 saturated heterocycles. The zero-order valence-electron chi connectivity index (χ0n) is 9.01. The molecular formula is C13H14N2. The molecule has 2 heteroatoms. The first kappa shape index (κ1) is 9.84. The van der Waals surface area contributed by atoms with Crippen molar-refractivity contribution in [3.8, 4) is 0 Å². The average molecular weight is 198 g/mol. The van der Waals surface area contributed by atoms with Gasteiger partial charge in [0.25, 0.3) is 0 Å². The van der Waals surface area contributed by atoms with Crippen LogP contribution < -0.4 is 0 Å². The molecule has 1 aromatic heterocycles. The van der Waals surface area contributed by atoms with Crippen molar-refractivity contribution in [2.45, 2.75) is 19.9 Å². The van der Waals surface area contributed by atoms with E-state index in [-0.39, 0.29) is 0 Å². The van der Waals surface area contributed by atoms with Crippen molar-refractivity contribution < 1.29 is 0 Å². The van der Waals surface area contributed by atoms with Crippen LogP contribution in [0.15, 0.2) is 41.5 Å². The highest BCUT2D eigenvalue weighted by atomic mass is 14.7. The maximum absolute atomic E-state index is 4.37. The van der Waals surface area contributed by atoms with Gasteiger partial charge in [0, 0.05) is 29.4 Å². The van der Waals surface area contributed by atoms with E-state index in [1.807, 2.05) is 30.6 Å². The molecule has 1 heterocycles. The van der Waals surface area contributed by atoms with E-state index in [9.17, 15) is 0 Å². The maximum Gasteiger partial charge on any atom is 0.0702 e. The molecule has 0 unspecified atom stereocenters. The van der Waals surface area contributed by atoms with Crippen molar-refractivity contribution >= 4 is 17.1 Å². The lowest BCUT2D eigenvalue weighted by atomic mass is 10.2. The van der Waals surface area contributed by atoms with E-state index in [1.54, 1.807) is 0 Å².